The van der Waals surface area contributed by atoms with Gasteiger partial charge in [0.2, 0.25) is 5.91 Å². The maximum atomic E-state index is 12.4. The van der Waals surface area contributed by atoms with Crippen molar-refractivity contribution in [2.75, 3.05) is 42.9 Å². The van der Waals surface area contributed by atoms with Gasteiger partial charge in [-0.1, -0.05) is 17.7 Å². The van der Waals surface area contributed by atoms with Gasteiger partial charge in [0, 0.05) is 36.7 Å². The fraction of sp³-hybridized carbons (Fsp3) is 0.409. The minimum Gasteiger partial charge on any atom is -0.353 e. The molecule has 29 heavy (non-hydrogen) atoms. The highest BCUT2D eigenvalue weighted by molar-refractivity contribution is 7.18. The van der Waals surface area contributed by atoms with Crippen molar-refractivity contribution in [3.8, 4) is 0 Å². The van der Waals surface area contributed by atoms with Crippen LogP contribution in [0.3, 0.4) is 0 Å². The lowest BCUT2D eigenvalue weighted by atomic mass is 10.2. The molecule has 0 saturated carbocycles. The van der Waals surface area contributed by atoms with E-state index in [1.807, 2.05) is 38.1 Å². The van der Waals surface area contributed by atoms with E-state index in [9.17, 15) is 4.79 Å². The van der Waals surface area contributed by atoms with E-state index >= 15 is 0 Å². The number of piperazine rings is 1. The molecule has 4 rings (SSSR count). The van der Waals surface area contributed by atoms with Crippen LogP contribution in [0.5, 0.6) is 0 Å². The molecule has 0 unspecified atom stereocenters. The van der Waals surface area contributed by atoms with E-state index < -0.39 is 0 Å². The van der Waals surface area contributed by atoms with E-state index in [0.29, 0.717) is 6.54 Å². The summed E-state index contributed by atoms with van der Waals surface area (Å²) in [5.74, 6) is 1.89. The number of nitrogens with zero attached hydrogens (tertiary/aromatic N) is 4. The highest BCUT2D eigenvalue weighted by Gasteiger charge is 2.23. The number of aromatic nitrogens is 2. The Labute approximate surface area is 175 Å². The van der Waals surface area contributed by atoms with Gasteiger partial charge in [0.25, 0.3) is 0 Å². The van der Waals surface area contributed by atoms with Gasteiger partial charge in [-0.3, -0.25) is 9.69 Å². The van der Waals surface area contributed by atoms with Crippen molar-refractivity contribution in [2.45, 2.75) is 27.7 Å². The van der Waals surface area contributed by atoms with Gasteiger partial charge < -0.3 is 10.2 Å². The van der Waals surface area contributed by atoms with Gasteiger partial charge in [0.05, 0.1) is 11.9 Å². The minimum atomic E-state index is 0.0341. The summed E-state index contributed by atoms with van der Waals surface area (Å²) < 4.78 is 0. The predicted molar refractivity (Wildman–Crippen MR) is 120 cm³/mol. The molecule has 0 radical (unpaired) electrons. The van der Waals surface area contributed by atoms with Crippen LogP contribution in [0, 0.1) is 27.7 Å². The van der Waals surface area contributed by atoms with Crippen molar-refractivity contribution in [1.29, 1.82) is 0 Å². The molecule has 0 atom stereocenters. The first-order chi connectivity index (χ1) is 13.9. The second kappa shape index (κ2) is 8.08. The van der Waals surface area contributed by atoms with Crippen molar-refractivity contribution in [3.63, 3.8) is 0 Å². The molecular weight excluding hydrogens is 382 g/mol. The molecule has 7 heteroatoms. The zero-order valence-corrected chi connectivity index (χ0v) is 18.3. The quantitative estimate of drug-likeness (QED) is 0.712. The van der Waals surface area contributed by atoms with E-state index in [-0.39, 0.29) is 5.91 Å². The normalized spacial score (nSPS) is 15.1. The van der Waals surface area contributed by atoms with Crippen LogP contribution in [0.2, 0.25) is 0 Å². The van der Waals surface area contributed by atoms with E-state index in [1.54, 1.807) is 11.3 Å². The van der Waals surface area contributed by atoms with Crippen LogP contribution in [0.25, 0.3) is 10.2 Å². The SMILES string of the molecule is Cc1ccc(NC(=O)CN2CCN(c3nc(C)nc4sc(C)c(C)c34)CC2)cc1. The first-order valence-electron chi connectivity index (χ1n) is 9.99. The van der Waals surface area contributed by atoms with Gasteiger partial charge in [0.1, 0.15) is 16.5 Å². The Kier molecular flexibility index (Phi) is 5.52. The van der Waals surface area contributed by atoms with E-state index in [1.165, 1.54) is 21.4 Å². The third kappa shape index (κ3) is 4.26. The molecule has 0 aliphatic carbocycles. The van der Waals surface area contributed by atoms with Crippen LogP contribution in [-0.2, 0) is 4.79 Å². The average molecular weight is 410 g/mol. The lowest BCUT2D eigenvalue weighted by Crippen LogP contribution is -2.49. The van der Waals surface area contributed by atoms with Crippen LogP contribution in [0.4, 0.5) is 11.5 Å². The lowest BCUT2D eigenvalue weighted by Gasteiger charge is -2.35. The molecule has 1 aliphatic heterocycles. The fourth-order valence-electron chi connectivity index (χ4n) is 3.72. The van der Waals surface area contributed by atoms with Crippen molar-refractivity contribution in [3.05, 3.63) is 46.1 Å². The summed E-state index contributed by atoms with van der Waals surface area (Å²) in [5.41, 5.74) is 3.31. The van der Waals surface area contributed by atoms with E-state index in [0.717, 1.165) is 48.3 Å². The predicted octanol–water partition coefficient (Wildman–Crippen LogP) is 3.69. The molecule has 1 fully saturated rings. The molecule has 3 aromatic rings. The number of thiophene rings is 1. The number of carbonyl (C=O) groups is 1. The minimum absolute atomic E-state index is 0.0341. The molecule has 1 saturated heterocycles. The number of benzene rings is 1. The van der Waals surface area contributed by atoms with Crippen LogP contribution in [0.1, 0.15) is 21.8 Å². The van der Waals surface area contributed by atoms with E-state index in [2.05, 4.69) is 33.9 Å². The third-order valence-corrected chi connectivity index (χ3v) is 6.60. The Morgan fingerprint density at radius 3 is 2.41 bits per heavy atom. The maximum absolute atomic E-state index is 12.4. The number of nitrogens with one attached hydrogen (secondary N) is 1. The number of anilines is 2. The largest absolute Gasteiger partial charge is 0.353 e. The Hall–Kier alpha value is -2.51. The summed E-state index contributed by atoms with van der Waals surface area (Å²) in [6.45, 7) is 12.1. The second-order valence-electron chi connectivity index (χ2n) is 7.74. The summed E-state index contributed by atoms with van der Waals surface area (Å²) in [6.07, 6.45) is 0. The number of fused-ring (bicyclic) bond motifs is 1. The van der Waals surface area contributed by atoms with Crippen molar-refractivity contribution < 1.29 is 4.79 Å². The van der Waals surface area contributed by atoms with Crippen molar-refractivity contribution in [2.24, 2.45) is 0 Å². The molecule has 2 aromatic heterocycles. The van der Waals surface area contributed by atoms with Crippen LogP contribution < -0.4 is 10.2 Å². The van der Waals surface area contributed by atoms with Crippen LogP contribution in [0.15, 0.2) is 24.3 Å². The summed E-state index contributed by atoms with van der Waals surface area (Å²) in [6, 6.07) is 7.90. The number of carbonyl (C=O) groups excluding carboxylic acids is 1. The third-order valence-electron chi connectivity index (χ3n) is 5.50. The fourth-order valence-corrected chi connectivity index (χ4v) is 4.79. The van der Waals surface area contributed by atoms with Gasteiger partial charge in [-0.15, -0.1) is 11.3 Å². The molecule has 0 spiro atoms. The molecule has 3 heterocycles. The number of hydrogen-bond acceptors (Lipinski definition) is 6. The number of rotatable bonds is 4. The Morgan fingerprint density at radius 2 is 1.72 bits per heavy atom. The van der Waals surface area contributed by atoms with Gasteiger partial charge in [-0.25, -0.2) is 9.97 Å². The topological polar surface area (TPSA) is 61.4 Å². The standard InChI is InChI=1S/C22H27N5OS/c1-14-5-7-18(8-6-14)25-19(28)13-26-9-11-27(12-10-26)21-20-15(2)16(3)29-22(20)24-17(4)23-21/h5-8H,9-13H2,1-4H3,(H,25,28). The first-order valence-corrected chi connectivity index (χ1v) is 10.8. The maximum Gasteiger partial charge on any atom is 0.238 e. The highest BCUT2D eigenvalue weighted by atomic mass is 32.1. The highest BCUT2D eigenvalue weighted by Crippen LogP contribution is 2.35. The monoisotopic (exact) mass is 409 g/mol. The zero-order chi connectivity index (χ0) is 20.5. The molecule has 1 aliphatic rings. The average Bonchev–Trinajstić information content (AvgIpc) is 2.97. The number of amides is 1. The smallest absolute Gasteiger partial charge is 0.238 e. The Bertz CT molecular complexity index is 1040. The van der Waals surface area contributed by atoms with Crippen LogP contribution in [-0.4, -0.2) is 53.5 Å². The summed E-state index contributed by atoms with van der Waals surface area (Å²) in [5, 5.41) is 4.17. The number of aryl methyl sites for hydroxylation is 4. The van der Waals surface area contributed by atoms with Crippen molar-refractivity contribution in [1.82, 2.24) is 14.9 Å². The molecule has 1 amide bonds. The van der Waals surface area contributed by atoms with Crippen LogP contribution >= 0.6 is 11.3 Å². The Balaban J connectivity index is 1.40. The number of hydrogen-bond donors (Lipinski definition) is 1. The Morgan fingerprint density at radius 1 is 1.03 bits per heavy atom. The molecule has 1 N–H and O–H groups in total. The molecule has 152 valence electrons. The summed E-state index contributed by atoms with van der Waals surface area (Å²) >= 11 is 1.74. The van der Waals surface area contributed by atoms with Gasteiger partial charge in [0.15, 0.2) is 0 Å². The van der Waals surface area contributed by atoms with Gasteiger partial charge >= 0.3 is 0 Å². The zero-order valence-electron chi connectivity index (χ0n) is 17.5. The summed E-state index contributed by atoms with van der Waals surface area (Å²) in [4.78, 5) is 28.7. The van der Waals surface area contributed by atoms with Gasteiger partial charge in [-0.05, 0) is 45.4 Å². The molecule has 6 nitrogen and oxygen atoms in total. The van der Waals surface area contributed by atoms with Crippen molar-refractivity contribution >= 4 is 39.0 Å². The first kappa shape index (κ1) is 19.8. The second-order valence-corrected chi connectivity index (χ2v) is 8.94. The lowest BCUT2D eigenvalue weighted by molar-refractivity contribution is -0.117. The molecule has 1 aromatic carbocycles. The summed E-state index contributed by atoms with van der Waals surface area (Å²) in [7, 11) is 0. The van der Waals surface area contributed by atoms with E-state index in [4.69, 9.17) is 4.98 Å². The molecular formula is C22H27N5OS. The van der Waals surface area contributed by atoms with Gasteiger partial charge in [-0.2, -0.15) is 0 Å². The molecule has 0 bridgehead atoms.